The fraction of sp³-hybridized carbons (Fsp3) is 0.533. The van der Waals surface area contributed by atoms with E-state index in [2.05, 4.69) is 31.0 Å². The molecular weight excluding hydrogens is 268 g/mol. The Morgan fingerprint density at radius 1 is 1.38 bits per heavy atom. The normalized spacial score (nSPS) is 20.0. The molecule has 0 aliphatic carbocycles. The average Bonchev–Trinajstić information content (AvgIpc) is 2.90. The van der Waals surface area contributed by atoms with E-state index in [1.54, 1.807) is 12.4 Å². The molecule has 0 bridgehead atoms. The van der Waals surface area contributed by atoms with Crippen molar-refractivity contribution < 1.29 is 9.53 Å². The van der Waals surface area contributed by atoms with Crippen LogP contribution < -0.4 is 0 Å². The van der Waals surface area contributed by atoms with Crippen LogP contribution in [0.5, 0.6) is 0 Å². The number of rotatable bonds is 1. The van der Waals surface area contributed by atoms with Gasteiger partial charge in [-0.1, -0.05) is 20.8 Å². The van der Waals surface area contributed by atoms with Crippen LogP contribution >= 0.6 is 0 Å². The second-order valence-electron chi connectivity index (χ2n) is 6.43. The van der Waals surface area contributed by atoms with Crippen LogP contribution in [-0.4, -0.2) is 51.4 Å². The highest BCUT2D eigenvalue weighted by Gasteiger charge is 2.33. The van der Waals surface area contributed by atoms with Crippen molar-refractivity contribution in [1.82, 2.24) is 19.7 Å². The molecule has 0 aromatic carbocycles. The van der Waals surface area contributed by atoms with E-state index >= 15 is 0 Å². The number of hydrogen-bond acceptors (Lipinski definition) is 4. The molecule has 1 amide bonds. The van der Waals surface area contributed by atoms with Gasteiger partial charge >= 0.3 is 0 Å². The molecule has 2 aromatic rings. The third kappa shape index (κ3) is 2.63. The van der Waals surface area contributed by atoms with E-state index in [0.29, 0.717) is 25.3 Å². The Hall–Kier alpha value is -1.95. The lowest BCUT2D eigenvalue weighted by Crippen LogP contribution is -2.50. The molecule has 1 aliphatic rings. The zero-order valence-electron chi connectivity index (χ0n) is 12.6. The summed E-state index contributed by atoms with van der Waals surface area (Å²) in [6, 6.07) is 3.67. The summed E-state index contributed by atoms with van der Waals surface area (Å²) >= 11 is 0. The summed E-state index contributed by atoms with van der Waals surface area (Å²) < 4.78 is 7.28. The molecular formula is C15H20N4O2. The monoisotopic (exact) mass is 288 g/mol. The summed E-state index contributed by atoms with van der Waals surface area (Å²) in [7, 11) is 0. The van der Waals surface area contributed by atoms with E-state index in [4.69, 9.17) is 4.74 Å². The molecule has 6 nitrogen and oxygen atoms in total. The Bertz CT molecular complexity index is 659. The molecule has 21 heavy (non-hydrogen) atoms. The van der Waals surface area contributed by atoms with Gasteiger partial charge in [-0.15, -0.1) is 0 Å². The van der Waals surface area contributed by atoms with Gasteiger partial charge in [0.05, 0.1) is 24.5 Å². The van der Waals surface area contributed by atoms with Crippen molar-refractivity contribution in [2.75, 3.05) is 19.7 Å². The van der Waals surface area contributed by atoms with Crippen LogP contribution in [-0.2, 0) is 4.74 Å². The number of morpholine rings is 1. The lowest BCUT2D eigenvalue weighted by molar-refractivity contribution is -0.0706. The van der Waals surface area contributed by atoms with E-state index in [1.165, 1.54) is 4.63 Å². The standard InChI is InChI=1S/C15H20N4O2/c1-15(2,3)13-10-18(7-8-21-13)14(20)11-9-17-19-12(11)5-4-6-16-19/h4-6,9,13H,7-8,10H2,1-3H3. The van der Waals surface area contributed by atoms with Crippen molar-refractivity contribution in [2.45, 2.75) is 26.9 Å². The summed E-state index contributed by atoms with van der Waals surface area (Å²) in [4.78, 5) is 14.6. The van der Waals surface area contributed by atoms with Crippen molar-refractivity contribution in [2.24, 2.45) is 5.41 Å². The minimum atomic E-state index is -0.00412. The number of hydrogen-bond donors (Lipinski definition) is 0. The fourth-order valence-electron chi connectivity index (χ4n) is 2.53. The minimum absolute atomic E-state index is 0.00412. The summed E-state index contributed by atoms with van der Waals surface area (Å²) in [6.07, 6.45) is 3.29. The van der Waals surface area contributed by atoms with Gasteiger partial charge in [-0.3, -0.25) is 4.79 Å². The molecule has 0 N–H and O–H groups in total. The third-order valence-corrected chi connectivity index (χ3v) is 3.85. The van der Waals surface area contributed by atoms with Crippen LogP contribution in [0.1, 0.15) is 31.1 Å². The van der Waals surface area contributed by atoms with Crippen molar-refractivity contribution in [3.63, 3.8) is 0 Å². The molecule has 0 radical (unpaired) electrons. The maximum atomic E-state index is 12.7. The Morgan fingerprint density at radius 3 is 2.95 bits per heavy atom. The Kier molecular flexibility index (Phi) is 3.41. The van der Waals surface area contributed by atoms with Crippen LogP contribution in [0.25, 0.3) is 5.52 Å². The number of nitrogens with zero attached hydrogens (tertiary/aromatic N) is 4. The molecule has 0 spiro atoms. The van der Waals surface area contributed by atoms with Crippen molar-refractivity contribution in [3.05, 3.63) is 30.1 Å². The molecule has 1 unspecified atom stereocenters. The molecule has 2 aromatic heterocycles. The van der Waals surface area contributed by atoms with Crippen molar-refractivity contribution in [3.8, 4) is 0 Å². The average molecular weight is 288 g/mol. The van der Waals surface area contributed by atoms with Gasteiger partial charge in [-0.25, -0.2) is 0 Å². The smallest absolute Gasteiger partial charge is 0.257 e. The number of carbonyl (C=O) groups excluding carboxylic acids is 1. The van der Waals surface area contributed by atoms with Gasteiger partial charge in [0.15, 0.2) is 0 Å². The summed E-state index contributed by atoms with van der Waals surface area (Å²) in [5.41, 5.74) is 1.35. The lowest BCUT2D eigenvalue weighted by atomic mass is 9.88. The Balaban J connectivity index is 1.85. The largest absolute Gasteiger partial charge is 0.374 e. The first kappa shape index (κ1) is 14.0. The number of ether oxygens (including phenoxy) is 1. The molecule has 3 rings (SSSR count). The van der Waals surface area contributed by atoms with E-state index in [9.17, 15) is 4.79 Å². The van der Waals surface area contributed by atoms with Crippen LogP contribution in [0.4, 0.5) is 0 Å². The number of aromatic nitrogens is 3. The number of carbonyl (C=O) groups is 1. The van der Waals surface area contributed by atoms with Gasteiger partial charge in [0.2, 0.25) is 0 Å². The van der Waals surface area contributed by atoms with Gasteiger partial charge in [0, 0.05) is 19.3 Å². The topological polar surface area (TPSA) is 59.7 Å². The van der Waals surface area contributed by atoms with Gasteiger partial charge in [0.25, 0.3) is 5.91 Å². The summed E-state index contributed by atoms with van der Waals surface area (Å²) in [5.74, 6) is -0.00412. The summed E-state index contributed by atoms with van der Waals surface area (Å²) in [5, 5.41) is 8.22. The first-order chi connectivity index (χ1) is 9.97. The molecule has 1 aliphatic heterocycles. The van der Waals surface area contributed by atoms with Crippen molar-refractivity contribution >= 4 is 11.4 Å². The first-order valence-corrected chi connectivity index (χ1v) is 7.17. The maximum absolute atomic E-state index is 12.7. The molecule has 0 saturated carbocycles. The molecule has 1 saturated heterocycles. The second kappa shape index (κ2) is 5.11. The third-order valence-electron chi connectivity index (χ3n) is 3.85. The highest BCUT2D eigenvalue weighted by molar-refractivity contribution is 6.00. The maximum Gasteiger partial charge on any atom is 0.257 e. The predicted molar refractivity (Wildman–Crippen MR) is 78.1 cm³/mol. The zero-order chi connectivity index (χ0) is 15.0. The molecule has 112 valence electrons. The second-order valence-corrected chi connectivity index (χ2v) is 6.43. The van der Waals surface area contributed by atoms with Crippen molar-refractivity contribution in [1.29, 1.82) is 0 Å². The van der Waals surface area contributed by atoms with Gasteiger partial charge in [-0.2, -0.15) is 14.8 Å². The fourth-order valence-corrected chi connectivity index (χ4v) is 2.53. The lowest BCUT2D eigenvalue weighted by Gasteiger charge is -2.39. The van der Waals surface area contributed by atoms with Crippen LogP contribution in [0.3, 0.4) is 0 Å². The van der Waals surface area contributed by atoms with Crippen LogP contribution in [0.15, 0.2) is 24.5 Å². The van der Waals surface area contributed by atoms with Gasteiger partial charge in [0.1, 0.15) is 5.52 Å². The van der Waals surface area contributed by atoms with E-state index in [1.807, 2.05) is 17.0 Å². The summed E-state index contributed by atoms with van der Waals surface area (Å²) in [6.45, 7) is 8.19. The van der Waals surface area contributed by atoms with Gasteiger partial charge < -0.3 is 9.64 Å². The number of amides is 1. The zero-order valence-corrected chi connectivity index (χ0v) is 12.6. The highest BCUT2D eigenvalue weighted by Crippen LogP contribution is 2.26. The minimum Gasteiger partial charge on any atom is -0.374 e. The molecule has 6 heteroatoms. The Morgan fingerprint density at radius 2 is 2.19 bits per heavy atom. The quantitative estimate of drug-likeness (QED) is 0.800. The van der Waals surface area contributed by atoms with E-state index in [-0.39, 0.29) is 17.4 Å². The Labute approximate surface area is 123 Å². The van der Waals surface area contributed by atoms with Crippen LogP contribution in [0.2, 0.25) is 0 Å². The molecule has 1 atom stereocenters. The highest BCUT2D eigenvalue weighted by atomic mass is 16.5. The first-order valence-electron chi connectivity index (χ1n) is 7.17. The van der Waals surface area contributed by atoms with Gasteiger partial charge in [-0.05, 0) is 17.5 Å². The predicted octanol–water partition coefficient (Wildman–Crippen LogP) is 1.62. The van der Waals surface area contributed by atoms with E-state index < -0.39 is 0 Å². The molecule has 3 heterocycles. The molecule has 1 fully saturated rings. The van der Waals surface area contributed by atoms with E-state index in [0.717, 1.165) is 5.52 Å². The van der Waals surface area contributed by atoms with Crippen LogP contribution in [0, 0.1) is 5.41 Å². The number of fused-ring (bicyclic) bond motifs is 1. The SMILES string of the molecule is CC(C)(C)C1CN(C(=O)c2cnn3ncccc23)CCO1.